The Morgan fingerprint density at radius 2 is 2.10 bits per heavy atom. The van der Waals surface area contributed by atoms with Crippen molar-refractivity contribution in [2.45, 2.75) is 24.7 Å². The number of aliphatic hydroxyl groups excluding tert-OH is 2. The van der Waals surface area contributed by atoms with Gasteiger partial charge in [-0.2, -0.15) is 4.98 Å². The van der Waals surface area contributed by atoms with Crippen molar-refractivity contribution in [1.82, 2.24) is 15.0 Å². The van der Waals surface area contributed by atoms with Gasteiger partial charge in [-0.1, -0.05) is 11.6 Å². The first-order valence-electron chi connectivity index (χ1n) is 9.42. The Bertz CT molecular complexity index is 1090. The van der Waals surface area contributed by atoms with E-state index in [0.29, 0.717) is 17.0 Å². The van der Waals surface area contributed by atoms with Gasteiger partial charge in [0.25, 0.3) is 0 Å². The van der Waals surface area contributed by atoms with E-state index in [1.165, 1.54) is 11.3 Å². The highest BCUT2D eigenvalue weighted by Crippen LogP contribution is 2.42. The van der Waals surface area contributed by atoms with Gasteiger partial charge in [0.1, 0.15) is 22.1 Å². The van der Waals surface area contributed by atoms with Crippen molar-refractivity contribution in [1.29, 1.82) is 0 Å². The minimum absolute atomic E-state index is 0.0722. The summed E-state index contributed by atoms with van der Waals surface area (Å²) in [6.45, 7) is -0.225. The number of benzene rings is 1. The summed E-state index contributed by atoms with van der Waals surface area (Å²) in [6.07, 6.45) is -0.491. The van der Waals surface area contributed by atoms with E-state index in [2.05, 4.69) is 20.3 Å². The number of aromatic nitrogens is 3. The first-order chi connectivity index (χ1) is 14.2. The molecule has 3 aromatic rings. The maximum absolute atomic E-state index is 11.0. The average molecular weight is 451 g/mol. The second kappa shape index (κ2) is 7.78. The fourth-order valence-corrected chi connectivity index (χ4v) is 5.03. The van der Waals surface area contributed by atoms with E-state index in [-0.39, 0.29) is 29.9 Å². The Labute approximate surface area is 182 Å². The number of halogens is 1. The normalized spacial score (nSPS) is 23.8. The van der Waals surface area contributed by atoms with Crippen molar-refractivity contribution < 1.29 is 15.3 Å². The second-order valence-corrected chi connectivity index (χ2v) is 9.03. The van der Waals surface area contributed by atoms with Crippen molar-refractivity contribution in [2.24, 2.45) is 5.92 Å². The van der Waals surface area contributed by atoms with E-state index in [1.54, 1.807) is 0 Å². The van der Waals surface area contributed by atoms with Gasteiger partial charge in [-0.3, -0.25) is 0 Å². The summed E-state index contributed by atoms with van der Waals surface area (Å²) in [4.78, 5) is 14.9. The zero-order valence-corrected chi connectivity index (χ0v) is 18.1. The Balaban J connectivity index is 1.78. The van der Waals surface area contributed by atoms with Crippen LogP contribution in [0.2, 0.25) is 5.15 Å². The molecule has 9 nitrogen and oxygen atoms in total. The lowest BCUT2D eigenvalue weighted by Crippen LogP contribution is -2.48. The molecule has 3 atom stereocenters. The summed E-state index contributed by atoms with van der Waals surface area (Å²) >= 11 is 7.82. The van der Waals surface area contributed by atoms with Gasteiger partial charge in [-0.05, 0) is 31.0 Å². The van der Waals surface area contributed by atoms with E-state index in [9.17, 15) is 15.3 Å². The third kappa shape index (κ3) is 3.65. The van der Waals surface area contributed by atoms with Crippen LogP contribution in [0.5, 0.6) is 0 Å². The van der Waals surface area contributed by atoms with Crippen LogP contribution < -0.4 is 16.0 Å². The number of nitrogen functional groups attached to an aromatic ring is 1. The maximum atomic E-state index is 11.0. The van der Waals surface area contributed by atoms with E-state index >= 15 is 0 Å². The highest BCUT2D eigenvalue weighted by atomic mass is 35.5. The van der Waals surface area contributed by atoms with Crippen molar-refractivity contribution >= 4 is 50.6 Å². The molecule has 4 rings (SSSR count). The highest BCUT2D eigenvalue weighted by Gasteiger charge is 2.47. The molecule has 0 radical (unpaired) electrons. The van der Waals surface area contributed by atoms with E-state index in [1.807, 2.05) is 37.2 Å². The number of nitrogens with one attached hydrogen (secondary N) is 1. The van der Waals surface area contributed by atoms with Gasteiger partial charge < -0.3 is 31.3 Å². The average Bonchev–Trinajstić information content (AvgIpc) is 3.21. The molecule has 2 aromatic heterocycles. The van der Waals surface area contributed by atoms with Crippen LogP contribution in [0.25, 0.3) is 20.8 Å². The molecule has 6 N–H and O–H groups in total. The predicted molar refractivity (Wildman–Crippen MR) is 119 cm³/mol. The van der Waals surface area contributed by atoms with Crippen molar-refractivity contribution in [3.8, 4) is 10.6 Å². The monoisotopic (exact) mass is 450 g/mol. The zero-order chi connectivity index (χ0) is 21.6. The van der Waals surface area contributed by atoms with Gasteiger partial charge in [0.15, 0.2) is 5.72 Å². The number of thiazole rings is 1. The molecule has 0 spiro atoms. The molecule has 1 saturated carbocycles. The van der Waals surface area contributed by atoms with Crippen LogP contribution in [0.15, 0.2) is 18.2 Å². The Morgan fingerprint density at radius 3 is 2.77 bits per heavy atom. The number of rotatable bonds is 5. The highest BCUT2D eigenvalue weighted by molar-refractivity contribution is 7.21. The van der Waals surface area contributed by atoms with E-state index in [4.69, 9.17) is 17.3 Å². The molecule has 1 aliphatic rings. The van der Waals surface area contributed by atoms with Gasteiger partial charge in [0, 0.05) is 32.3 Å². The standard InChI is InChI=1S/C19H23ClN6O3S/c1-26(2)10-3-4-11-12(7-10)30-17(22-11)13-15(20)23-18(21)24-16(13)25-19(29)6-5-9(8-27)14(19)28/h3-4,7,9,14,27-29H,5-6,8H2,1-2H3,(H3,21,23,24,25)/t9-,14-,19+/m1/s1. The summed E-state index contributed by atoms with van der Waals surface area (Å²) in [5.41, 5.74) is 6.33. The SMILES string of the molecule is CN(C)c1ccc2nc(-c3c(Cl)nc(N)nc3N[C@]3(O)CC[C@H](CO)[C@H]3O)sc2c1. The first-order valence-corrected chi connectivity index (χ1v) is 10.6. The molecule has 30 heavy (non-hydrogen) atoms. The Hall–Kier alpha value is -2.24. The number of fused-ring (bicyclic) bond motifs is 1. The first kappa shape index (κ1) is 21.0. The van der Waals surface area contributed by atoms with Gasteiger partial charge in [0.2, 0.25) is 5.95 Å². The zero-order valence-electron chi connectivity index (χ0n) is 16.5. The lowest BCUT2D eigenvalue weighted by atomic mass is 10.0. The van der Waals surface area contributed by atoms with Crippen LogP contribution in [0, 0.1) is 5.92 Å². The smallest absolute Gasteiger partial charge is 0.223 e. The summed E-state index contributed by atoms with van der Waals surface area (Å²) in [7, 11) is 3.92. The largest absolute Gasteiger partial charge is 0.396 e. The van der Waals surface area contributed by atoms with Crippen LogP contribution in [0.3, 0.4) is 0 Å². The maximum Gasteiger partial charge on any atom is 0.223 e. The minimum Gasteiger partial charge on any atom is -0.396 e. The Kier molecular flexibility index (Phi) is 5.45. The van der Waals surface area contributed by atoms with Crippen LogP contribution >= 0.6 is 22.9 Å². The summed E-state index contributed by atoms with van der Waals surface area (Å²) in [5, 5.41) is 34.4. The summed E-state index contributed by atoms with van der Waals surface area (Å²) < 4.78 is 0.954. The van der Waals surface area contributed by atoms with Crippen molar-refractivity contribution in [3.63, 3.8) is 0 Å². The second-order valence-electron chi connectivity index (χ2n) is 7.64. The third-order valence-corrected chi connectivity index (χ3v) is 6.70. The number of nitrogens with two attached hydrogens (primary N) is 1. The molecular formula is C19H23ClN6O3S. The lowest BCUT2D eigenvalue weighted by Gasteiger charge is -2.30. The lowest BCUT2D eigenvalue weighted by molar-refractivity contribution is -0.0545. The number of hydrogen-bond donors (Lipinski definition) is 5. The van der Waals surface area contributed by atoms with Gasteiger partial charge >= 0.3 is 0 Å². The molecule has 11 heteroatoms. The molecule has 0 saturated heterocycles. The summed E-state index contributed by atoms with van der Waals surface area (Å²) in [5.74, 6) is -0.330. The molecular weight excluding hydrogens is 428 g/mol. The van der Waals surface area contributed by atoms with Crippen LogP contribution in [-0.4, -0.2) is 62.8 Å². The quantitative estimate of drug-likeness (QED) is 0.291. The number of anilines is 3. The van der Waals surface area contributed by atoms with Gasteiger partial charge in [-0.25, -0.2) is 9.97 Å². The van der Waals surface area contributed by atoms with E-state index < -0.39 is 17.7 Å². The molecule has 160 valence electrons. The molecule has 1 fully saturated rings. The van der Waals surface area contributed by atoms with Crippen molar-refractivity contribution in [3.05, 3.63) is 23.4 Å². The van der Waals surface area contributed by atoms with Gasteiger partial charge in [-0.15, -0.1) is 11.3 Å². The molecule has 0 unspecified atom stereocenters. The summed E-state index contributed by atoms with van der Waals surface area (Å²) in [6, 6.07) is 5.92. The Morgan fingerprint density at radius 1 is 1.33 bits per heavy atom. The molecule has 2 heterocycles. The predicted octanol–water partition coefficient (Wildman–Crippen LogP) is 1.92. The molecule has 1 aromatic carbocycles. The van der Waals surface area contributed by atoms with Crippen molar-refractivity contribution in [2.75, 3.05) is 36.7 Å². The molecule has 0 bridgehead atoms. The fraction of sp³-hybridized carbons (Fsp3) is 0.421. The number of nitrogens with zero attached hydrogens (tertiary/aromatic N) is 4. The fourth-order valence-electron chi connectivity index (χ4n) is 3.66. The minimum atomic E-state index is -1.68. The number of aliphatic hydroxyl groups is 3. The van der Waals surface area contributed by atoms with Crippen LogP contribution in [0.4, 0.5) is 17.5 Å². The van der Waals surface area contributed by atoms with E-state index in [0.717, 1.165) is 15.9 Å². The topological polar surface area (TPSA) is 141 Å². The number of hydrogen-bond acceptors (Lipinski definition) is 10. The molecule has 0 amide bonds. The van der Waals surface area contributed by atoms with Crippen LogP contribution in [-0.2, 0) is 0 Å². The van der Waals surface area contributed by atoms with Gasteiger partial charge in [0.05, 0.1) is 15.8 Å². The third-order valence-electron chi connectivity index (χ3n) is 5.39. The molecule has 1 aliphatic carbocycles. The van der Waals surface area contributed by atoms with Crippen LogP contribution in [0.1, 0.15) is 12.8 Å². The molecule has 0 aliphatic heterocycles.